The number of halogens is 4. The molecule has 1 N–H and O–H groups in total. The zero-order valence-corrected chi connectivity index (χ0v) is 21.0. The number of thioether (sulfide) groups is 1. The van der Waals surface area contributed by atoms with Crippen molar-refractivity contribution in [3.05, 3.63) is 59.2 Å². The van der Waals surface area contributed by atoms with E-state index in [9.17, 15) is 18.0 Å². The number of likely N-dealkylation sites (tertiary alicyclic amines) is 1. The molecule has 1 saturated heterocycles. The molecule has 0 aliphatic carbocycles. The van der Waals surface area contributed by atoms with Crippen LogP contribution in [-0.4, -0.2) is 57.5 Å². The van der Waals surface area contributed by atoms with E-state index in [4.69, 9.17) is 9.47 Å². The smallest absolute Gasteiger partial charge is 0.416 e. The van der Waals surface area contributed by atoms with Crippen LogP contribution in [0.5, 0.6) is 5.75 Å². The molecule has 1 atom stereocenters. The van der Waals surface area contributed by atoms with Gasteiger partial charge in [0.2, 0.25) is 0 Å². The van der Waals surface area contributed by atoms with E-state index < -0.39 is 23.2 Å². The number of ether oxygens (including phenoxy) is 2. The molecular weight excluding hydrogens is 489 g/mol. The van der Waals surface area contributed by atoms with Crippen LogP contribution < -0.4 is 10.1 Å². The minimum atomic E-state index is -4.54. The van der Waals surface area contributed by atoms with Crippen molar-refractivity contribution in [3.8, 4) is 5.75 Å². The maximum Gasteiger partial charge on any atom is 0.416 e. The first kappa shape index (κ1) is 28.3. The van der Waals surface area contributed by atoms with Crippen molar-refractivity contribution in [2.45, 2.75) is 29.5 Å². The maximum atomic E-state index is 13.6. The number of methoxy groups -OCH3 is 2. The second-order valence-corrected chi connectivity index (χ2v) is 8.88. The van der Waals surface area contributed by atoms with E-state index in [1.165, 1.54) is 7.11 Å². The minimum Gasteiger partial charge on any atom is -0.496 e. The first-order chi connectivity index (χ1) is 15.7. The summed E-state index contributed by atoms with van der Waals surface area (Å²) in [7, 11) is 2.92. The Balaban J connectivity index is 0.00000408. The fourth-order valence-electron chi connectivity index (χ4n) is 4.30. The van der Waals surface area contributed by atoms with Crippen molar-refractivity contribution in [3.63, 3.8) is 0 Å². The fraction of sp³-hybridized carbons (Fsp3) is 0.458. The van der Waals surface area contributed by atoms with E-state index in [1.54, 1.807) is 13.4 Å². The van der Waals surface area contributed by atoms with Gasteiger partial charge >= 0.3 is 6.18 Å². The highest BCUT2D eigenvalue weighted by Gasteiger charge is 2.40. The Kier molecular flexibility index (Phi) is 10.1. The quantitative estimate of drug-likeness (QED) is 0.485. The van der Waals surface area contributed by atoms with Crippen LogP contribution in [0.2, 0.25) is 0 Å². The molecule has 1 aliphatic rings. The molecule has 1 unspecified atom stereocenters. The Hall–Kier alpha value is -1.94. The number of nitrogens with one attached hydrogen (secondary N) is 1. The average molecular weight is 519 g/mol. The summed E-state index contributed by atoms with van der Waals surface area (Å²) in [4.78, 5) is 16.1. The number of piperidine rings is 1. The van der Waals surface area contributed by atoms with E-state index >= 15 is 0 Å². The number of hydrogen-bond donors (Lipinski definition) is 1. The Morgan fingerprint density at radius 3 is 2.50 bits per heavy atom. The highest BCUT2D eigenvalue weighted by atomic mass is 35.5. The topological polar surface area (TPSA) is 50.8 Å². The van der Waals surface area contributed by atoms with Gasteiger partial charge in [-0.05, 0) is 43.3 Å². The van der Waals surface area contributed by atoms with Gasteiger partial charge in [-0.2, -0.15) is 13.2 Å². The molecule has 1 heterocycles. The van der Waals surface area contributed by atoms with Crippen molar-refractivity contribution in [2.24, 2.45) is 0 Å². The van der Waals surface area contributed by atoms with Crippen LogP contribution in [0.15, 0.2) is 47.4 Å². The molecule has 34 heavy (non-hydrogen) atoms. The molecule has 2 aromatic rings. The number of carbonyl (C=O) groups excluding carboxylic acids is 1. The third-order valence-corrected chi connectivity index (χ3v) is 6.68. The summed E-state index contributed by atoms with van der Waals surface area (Å²) in [5, 5.41) is 3.18. The van der Waals surface area contributed by atoms with Crippen LogP contribution in [0.4, 0.5) is 13.2 Å². The van der Waals surface area contributed by atoms with E-state index in [0.29, 0.717) is 19.6 Å². The van der Waals surface area contributed by atoms with Gasteiger partial charge in [-0.15, -0.1) is 24.2 Å². The number of nitrogens with zero attached hydrogens (tertiary/aromatic N) is 1. The van der Waals surface area contributed by atoms with Crippen molar-refractivity contribution < 1.29 is 27.4 Å². The minimum absolute atomic E-state index is 0. The van der Waals surface area contributed by atoms with Crippen LogP contribution in [0, 0.1) is 0 Å². The number of benzene rings is 2. The lowest BCUT2D eigenvalue weighted by Gasteiger charge is -2.44. The predicted molar refractivity (Wildman–Crippen MR) is 130 cm³/mol. The largest absolute Gasteiger partial charge is 0.496 e. The SMILES string of the molecule is COCCN1CCCC(NC(=O)c2c(OC)cc(C(F)(F)F)cc2SC)(c2ccccc2)C1.Cl. The third kappa shape index (κ3) is 6.38. The predicted octanol–water partition coefficient (Wildman–Crippen LogP) is 5.23. The summed E-state index contributed by atoms with van der Waals surface area (Å²) < 4.78 is 50.6. The molecule has 10 heteroatoms. The van der Waals surface area contributed by atoms with Crippen molar-refractivity contribution in [1.29, 1.82) is 0 Å². The molecule has 0 saturated carbocycles. The van der Waals surface area contributed by atoms with E-state index in [0.717, 1.165) is 49.0 Å². The molecule has 1 amide bonds. The van der Waals surface area contributed by atoms with Gasteiger partial charge in [0, 0.05) is 25.1 Å². The molecule has 0 radical (unpaired) electrons. The van der Waals surface area contributed by atoms with Crippen LogP contribution in [0.1, 0.15) is 34.3 Å². The van der Waals surface area contributed by atoms with E-state index in [-0.39, 0.29) is 28.6 Å². The monoisotopic (exact) mass is 518 g/mol. The number of rotatable bonds is 8. The maximum absolute atomic E-state index is 13.6. The van der Waals surface area contributed by atoms with Gasteiger partial charge < -0.3 is 14.8 Å². The van der Waals surface area contributed by atoms with Crippen LogP contribution >= 0.6 is 24.2 Å². The summed E-state index contributed by atoms with van der Waals surface area (Å²) in [6.07, 6.45) is -1.32. The Bertz CT molecular complexity index is 937. The summed E-state index contributed by atoms with van der Waals surface area (Å²) >= 11 is 1.08. The van der Waals surface area contributed by atoms with Gasteiger partial charge in [-0.1, -0.05) is 30.3 Å². The van der Waals surface area contributed by atoms with Gasteiger partial charge in [0.25, 0.3) is 5.91 Å². The lowest BCUT2D eigenvalue weighted by atomic mass is 9.81. The van der Waals surface area contributed by atoms with Gasteiger partial charge in [-0.25, -0.2) is 0 Å². The highest BCUT2D eigenvalue weighted by molar-refractivity contribution is 7.98. The second kappa shape index (κ2) is 12.2. The summed E-state index contributed by atoms with van der Waals surface area (Å²) in [6.45, 7) is 2.75. The molecule has 2 aromatic carbocycles. The van der Waals surface area contributed by atoms with Crippen molar-refractivity contribution >= 4 is 30.1 Å². The summed E-state index contributed by atoms with van der Waals surface area (Å²) in [6, 6.07) is 11.6. The molecule has 3 rings (SSSR count). The van der Waals surface area contributed by atoms with Gasteiger partial charge in [-0.3, -0.25) is 9.69 Å². The van der Waals surface area contributed by atoms with Gasteiger partial charge in [0.05, 0.1) is 30.4 Å². The van der Waals surface area contributed by atoms with Crippen LogP contribution in [0.25, 0.3) is 0 Å². The average Bonchev–Trinajstić information content (AvgIpc) is 2.81. The number of amides is 1. The lowest BCUT2D eigenvalue weighted by molar-refractivity contribution is -0.137. The molecule has 0 aromatic heterocycles. The summed E-state index contributed by atoms with van der Waals surface area (Å²) in [5.41, 5.74) is -0.464. The molecule has 5 nitrogen and oxygen atoms in total. The highest BCUT2D eigenvalue weighted by Crippen LogP contribution is 2.39. The molecule has 188 valence electrons. The molecule has 1 aliphatic heterocycles. The second-order valence-electron chi connectivity index (χ2n) is 8.03. The molecule has 0 spiro atoms. The molecular formula is C24H30ClF3N2O3S. The number of carbonyl (C=O) groups is 1. The van der Waals surface area contributed by atoms with Gasteiger partial charge in [0.15, 0.2) is 0 Å². The molecule has 1 fully saturated rings. The Labute approximate surface area is 208 Å². The summed E-state index contributed by atoms with van der Waals surface area (Å²) in [5.74, 6) is -0.552. The zero-order valence-electron chi connectivity index (χ0n) is 19.4. The normalized spacial score (nSPS) is 18.8. The first-order valence-corrected chi connectivity index (χ1v) is 11.9. The zero-order chi connectivity index (χ0) is 24.1. The van der Waals surface area contributed by atoms with Crippen molar-refractivity contribution in [2.75, 3.05) is 46.7 Å². The van der Waals surface area contributed by atoms with Crippen LogP contribution in [0.3, 0.4) is 0 Å². The standard InChI is InChI=1S/C24H29F3N2O3S.ClH/c1-31-13-12-29-11-7-10-23(16-29,17-8-5-4-6-9-17)28-22(30)21-19(32-2)14-18(24(25,26)27)15-20(21)33-3;/h4-6,8-9,14-15H,7,10-13,16H2,1-3H3,(H,28,30);1H. The fourth-order valence-corrected chi connectivity index (χ4v) is 4.94. The van der Waals surface area contributed by atoms with Gasteiger partial charge in [0.1, 0.15) is 5.75 Å². The number of alkyl halides is 3. The van der Waals surface area contributed by atoms with E-state index in [2.05, 4.69) is 10.2 Å². The van der Waals surface area contributed by atoms with E-state index in [1.807, 2.05) is 30.3 Å². The van der Waals surface area contributed by atoms with Crippen LogP contribution in [-0.2, 0) is 16.5 Å². The lowest BCUT2D eigenvalue weighted by Crippen LogP contribution is -2.56. The van der Waals surface area contributed by atoms with Crippen molar-refractivity contribution in [1.82, 2.24) is 10.2 Å². The Morgan fingerprint density at radius 2 is 1.91 bits per heavy atom. The first-order valence-electron chi connectivity index (χ1n) is 10.7. The Morgan fingerprint density at radius 1 is 1.21 bits per heavy atom. The molecule has 0 bridgehead atoms. The number of hydrogen-bond acceptors (Lipinski definition) is 5. The third-order valence-electron chi connectivity index (χ3n) is 5.92.